The summed E-state index contributed by atoms with van der Waals surface area (Å²) in [5.74, 6) is -2.28. The number of carboxylic acids is 1. The van der Waals surface area contributed by atoms with Crippen LogP contribution in [0.4, 0.5) is 5.82 Å². The second-order valence-corrected chi connectivity index (χ2v) is 4.68. The second-order valence-electron chi connectivity index (χ2n) is 3.77. The van der Waals surface area contributed by atoms with Gasteiger partial charge in [-0.2, -0.15) is 0 Å². The molecule has 92 valence electrons. The topological polar surface area (TPSA) is 79.3 Å². The summed E-state index contributed by atoms with van der Waals surface area (Å²) < 4.78 is 0.808. The minimum absolute atomic E-state index is 0.352. The lowest BCUT2D eigenvalue weighted by molar-refractivity contribution is -0.145. The normalized spacial score (nSPS) is 13.8. The number of anilines is 1. The van der Waals surface area contributed by atoms with Gasteiger partial charge in [0.1, 0.15) is 5.82 Å². The van der Waals surface area contributed by atoms with Gasteiger partial charge in [-0.15, -0.1) is 0 Å². The molecule has 2 N–H and O–H groups in total. The molecule has 0 aliphatic carbocycles. The van der Waals surface area contributed by atoms with Crippen LogP contribution < -0.4 is 5.32 Å². The van der Waals surface area contributed by atoms with Gasteiger partial charge in [0.25, 0.3) is 0 Å². The lowest BCUT2D eigenvalue weighted by Gasteiger charge is -2.15. The molecule has 0 aliphatic rings. The standard InChI is InChI=1S/C11H13BrN2O3/c1-6(7(2)11(16)17)10(15)14-9-4-3-8(12)5-13-9/h3-7H,1-2H3,(H,16,17)(H,13,14,15). The zero-order chi connectivity index (χ0) is 13.0. The van der Waals surface area contributed by atoms with Crippen molar-refractivity contribution in [1.82, 2.24) is 4.98 Å². The summed E-state index contributed by atoms with van der Waals surface area (Å²) in [6, 6.07) is 3.38. The van der Waals surface area contributed by atoms with Crippen LogP contribution in [0.5, 0.6) is 0 Å². The zero-order valence-electron chi connectivity index (χ0n) is 9.48. The molecular weight excluding hydrogens is 288 g/mol. The molecule has 5 nitrogen and oxygen atoms in total. The third-order valence-electron chi connectivity index (χ3n) is 2.53. The van der Waals surface area contributed by atoms with Crippen LogP contribution in [0.2, 0.25) is 0 Å². The van der Waals surface area contributed by atoms with Crippen LogP contribution in [-0.4, -0.2) is 22.0 Å². The van der Waals surface area contributed by atoms with Gasteiger partial charge < -0.3 is 10.4 Å². The van der Waals surface area contributed by atoms with Crippen LogP contribution in [-0.2, 0) is 9.59 Å². The number of aromatic nitrogens is 1. The van der Waals surface area contributed by atoms with Crippen molar-refractivity contribution in [3.05, 3.63) is 22.8 Å². The molecule has 1 aromatic heterocycles. The molecule has 0 fully saturated rings. The van der Waals surface area contributed by atoms with Gasteiger partial charge in [0, 0.05) is 16.6 Å². The lowest BCUT2D eigenvalue weighted by Crippen LogP contribution is -2.30. The summed E-state index contributed by atoms with van der Waals surface area (Å²) in [5, 5.41) is 11.4. The van der Waals surface area contributed by atoms with Crippen molar-refractivity contribution in [1.29, 1.82) is 0 Å². The summed E-state index contributed by atoms with van der Waals surface area (Å²) in [6.45, 7) is 3.08. The fourth-order valence-corrected chi connectivity index (χ4v) is 1.37. The van der Waals surface area contributed by atoms with E-state index in [-0.39, 0.29) is 5.91 Å². The van der Waals surface area contributed by atoms with Crippen LogP contribution >= 0.6 is 15.9 Å². The third kappa shape index (κ3) is 3.81. The predicted octanol–water partition coefficient (Wildman–Crippen LogP) is 2.14. The highest BCUT2D eigenvalue weighted by atomic mass is 79.9. The number of carbonyl (C=O) groups is 2. The highest BCUT2D eigenvalue weighted by molar-refractivity contribution is 9.10. The summed E-state index contributed by atoms with van der Waals surface area (Å²) in [5.41, 5.74) is 0. The van der Waals surface area contributed by atoms with E-state index in [0.717, 1.165) is 4.47 Å². The number of rotatable bonds is 4. The maximum Gasteiger partial charge on any atom is 0.307 e. The Kier molecular flexibility index (Phi) is 4.62. The molecule has 0 aromatic carbocycles. The Balaban J connectivity index is 2.66. The summed E-state index contributed by atoms with van der Waals surface area (Å²) in [7, 11) is 0. The van der Waals surface area contributed by atoms with Crippen LogP contribution in [0.15, 0.2) is 22.8 Å². The molecule has 2 atom stereocenters. The molecule has 0 bridgehead atoms. The molecule has 6 heteroatoms. The fourth-order valence-electron chi connectivity index (χ4n) is 1.13. The smallest absolute Gasteiger partial charge is 0.307 e. The fraction of sp³-hybridized carbons (Fsp3) is 0.364. The zero-order valence-corrected chi connectivity index (χ0v) is 11.1. The lowest BCUT2D eigenvalue weighted by atomic mass is 9.95. The largest absolute Gasteiger partial charge is 0.481 e. The SMILES string of the molecule is CC(C(=O)O)C(C)C(=O)Nc1ccc(Br)cn1. The van der Waals surface area contributed by atoms with Gasteiger partial charge in [0.2, 0.25) is 5.91 Å². The molecule has 0 spiro atoms. The number of pyridine rings is 1. The molecule has 0 saturated heterocycles. The van der Waals surface area contributed by atoms with E-state index in [1.54, 1.807) is 25.3 Å². The molecule has 2 unspecified atom stereocenters. The Labute approximate surface area is 107 Å². The first kappa shape index (κ1) is 13.6. The molecule has 0 aliphatic heterocycles. The number of aliphatic carboxylic acids is 1. The first-order valence-corrected chi connectivity index (χ1v) is 5.86. The molecule has 1 amide bonds. The molecule has 0 radical (unpaired) electrons. The van der Waals surface area contributed by atoms with Gasteiger partial charge in [0.15, 0.2) is 0 Å². The number of hydrogen-bond donors (Lipinski definition) is 2. The quantitative estimate of drug-likeness (QED) is 0.893. The molecule has 0 saturated carbocycles. The van der Waals surface area contributed by atoms with Crippen molar-refractivity contribution < 1.29 is 14.7 Å². The van der Waals surface area contributed by atoms with Crippen molar-refractivity contribution in [2.45, 2.75) is 13.8 Å². The second kappa shape index (κ2) is 5.77. The summed E-state index contributed by atoms with van der Waals surface area (Å²) in [6.07, 6.45) is 1.56. The van der Waals surface area contributed by atoms with Crippen molar-refractivity contribution >= 4 is 33.6 Å². The number of halogens is 1. The summed E-state index contributed by atoms with van der Waals surface area (Å²) in [4.78, 5) is 26.4. The highest BCUT2D eigenvalue weighted by Crippen LogP contribution is 2.15. The van der Waals surface area contributed by atoms with E-state index in [1.165, 1.54) is 6.92 Å². The van der Waals surface area contributed by atoms with E-state index >= 15 is 0 Å². The van der Waals surface area contributed by atoms with Gasteiger partial charge >= 0.3 is 5.97 Å². The first-order chi connectivity index (χ1) is 7.91. The molecular formula is C11H13BrN2O3. The van der Waals surface area contributed by atoms with Gasteiger partial charge in [-0.25, -0.2) is 4.98 Å². The van der Waals surface area contributed by atoms with Crippen LogP contribution in [0, 0.1) is 11.8 Å². The van der Waals surface area contributed by atoms with Crippen molar-refractivity contribution in [2.24, 2.45) is 11.8 Å². The minimum atomic E-state index is -0.989. The van der Waals surface area contributed by atoms with Gasteiger partial charge in [-0.3, -0.25) is 9.59 Å². The average Bonchev–Trinajstić information content (AvgIpc) is 2.30. The Morgan fingerprint density at radius 1 is 1.35 bits per heavy atom. The molecule has 1 heterocycles. The highest BCUT2D eigenvalue weighted by Gasteiger charge is 2.25. The Morgan fingerprint density at radius 2 is 2.00 bits per heavy atom. The maximum absolute atomic E-state index is 11.7. The maximum atomic E-state index is 11.7. The third-order valence-corrected chi connectivity index (χ3v) is 3.00. The van der Waals surface area contributed by atoms with Crippen LogP contribution in [0.3, 0.4) is 0 Å². The van der Waals surface area contributed by atoms with Gasteiger partial charge in [-0.1, -0.05) is 13.8 Å². The van der Waals surface area contributed by atoms with Crippen molar-refractivity contribution in [3.8, 4) is 0 Å². The predicted molar refractivity (Wildman–Crippen MR) is 66.5 cm³/mol. The minimum Gasteiger partial charge on any atom is -0.481 e. The number of carbonyl (C=O) groups excluding carboxylic acids is 1. The Bertz CT molecular complexity index is 419. The molecule has 17 heavy (non-hydrogen) atoms. The number of nitrogens with one attached hydrogen (secondary N) is 1. The average molecular weight is 301 g/mol. The van der Waals surface area contributed by atoms with Gasteiger partial charge in [0.05, 0.1) is 5.92 Å². The van der Waals surface area contributed by atoms with E-state index in [9.17, 15) is 9.59 Å². The molecule has 1 rings (SSSR count). The van der Waals surface area contributed by atoms with E-state index in [4.69, 9.17) is 5.11 Å². The van der Waals surface area contributed by atoms with Crippen molar-refractivity contribution in [3.63, 3.8) is 0 Å². The van der Waals surface area contributed by atoms with E-state index in [0.29, 0.717) is 5.82 Å². The Hall–Kier alpha value is -1.43. The van der Waals surface area contributed by atoms with E-state index < -0.39 is 17.8 Å². The van der Waals surface area contributed by atoms with Crippen LogP contribution in [0.1, 0.15) is 13.8 Å². The number of nitrogens with zero attached hydrogens (tertiary/aromatic N) is 1. The number of hydrogen-bond acceptors (Lipinski definition) is 3. The van der Waals surface area contributed by atoms with E-state index in [2.05, 4.69) is 26.2 Å². The first-order valence-electron chi connectivity index (χ1n) is 5.07. The number of carboxylic acid groups (broad SMARTS) is 1. The monoisotopic (exact) mass is 300 g/mol. The van der Waals surface area contributed by atoms with Crippen molar-refractivity contribution in [2.75, 3.05) is 5.32 Å². The van der Waals surface area contributed by atoms with E-state index in [1.807, 2.05) is 0 Å². The summed E-state index contributed by atoms with van der Waals surface area (Å²) >= 11 is 3.23. The van der Waals surface area contributed by atoms with Gasteiger partial charge in [-0.05, 0) is 28.1 Å². The van der Waals surface area contributed by atoms with Crippen LogP contribution in [0.25, 0.3) is 0 Å². The Morgan fingerprint density at radius 3 is 2.47 bits per heavy atom. The number of amides is 1. The molecule has 1 aromatic rings.